The number of carbonyl (C=O) groups excluding carboxylic acids is 1. The van der Waals surface area contributed by atoms with Crippen LogP contribution < -0.4 is 4.74 Å². The van der Waals surface area contributed by atoms with Gasteiger partial charge < -0.3 is 9.64 Å². The Kier molecular flexibility index (Phi) is 4.15. The lowest BCUT2D eigenvalue weighted by molar-refractivity contribution is 0.112. The molecule has 1 unspecified atom stereocenters. The van der Waals surface area contributed by atoms with E-state index in [1.165, 1.54) is 19.3 Å². The third-order valence-corrected chi connectivity index (χ3v) is 3.36. The van der Waals surface area contributed by atoms with Crippen molar-refractivity contribution in [1.29, 1.82) is 0 Å². The lowest BCUT2D eigenvalue weighted by Crippen LogP contribution is -2.40. The van der Waals surface area contributed by atoms with E-state index < -0.39 is 0 Å². The molecule has 1 fully saturated rings. The summed E-state index contributed by atoms with van der Waals surface area (Å²) >= 11 is 0. The van der Waals surface area contributed by atoms with Gasteiger partial charge in [-0.2, -0.15) is 0 Å². The van der Waals surface area contributed by atoms with E-state index >= 15 is 0 Å². The Morgan fingerprint density at radius 3 is 3.12 bits per heavy atom. The van der Waals surface area contributed by atoms with Crippen LogP contribution >= 0.6 is 0 Å². The maximum atomic E-state index is 10.7. The quantitative estimate of drug-likeness (QED) is 0.748. The second-order valence-electron chi connectivity index (χ2n) is 4.63. The zero-order valence-electron chi connectivity index (χ0n) is 10.3. The number of aldehydes is 1. The van der Waals surface area contributed by atoms with Crippen molar-refractivity contribution >= 4 is 6.29 Å². The van der Waals surface area contributed by atoms with Gasteiger partial charge in [-0.25, -0.2) is 0 Å². The molecule has 1 aliphatic heterocycles. The SMILES string of the molecule is CN1CCCCC1COc1cccc(C=O)c1. The van der Waals surface area contributed by atoms with Gasteiger partial charge in [-0.15, -0.1) is 0 Å². The van der Waals surface area contributed by atoms with Crippen molar-refractivity contribution in [3.63, 3.8) is 0 Å². The smallest absolute Gasteiger partial charge is 0.150 e. The van der Waals surface area contributed by atoms with Gasteiger partial charge in [-0.3, -0.25) is 4.79 Å². The molecule has 0 aliphatic carbocycles. The standard InChI is InChI=1S/C14H19NO2/c1-15-8-3-2-6-13(15)11-17-14-7-4-5-12(9-14)10-16/h4-5,7,9-10,13H,2-3,6,8,11H2,1H3. The average molecular weight is 233 g/mol. The number of benzene rings is 1. The molecule has 17 heavy (non-hydrogen) atoms. The van der Waals surface area contributed by atoms with Crippen LogP contribution in [0.4, 0.5) is 0 Å². The Labute approximate surface area is 102 Å². The zero-order chi connectivity index (χ0) is 12.1. The zero-order valence-corrected chi connectivity index (χ0v) is 10.3. The molecule has 0 saturated carbocycles. The van der Waals surface area contributed by atoms with Gasteiger partial charge in [0.25, 0.3) is 0 Å². The molecular formula is C14H19NO2. The molecule has 1 saturated heterocycles. The van der Waals surface area contributed by atoms with Crippen molar-refractivity contribution in [2.24, 2.45) is 0 Å². The number of hydrogen-bond acceptors (Lipinski definition) is 3. The van der Waals surface area contributed by atoms with Gasteiger partial charge in [0, 0.05) is 11.6 Å². The summed E-state index contributed by atoms with van der Waals surface area (Å²) in [6.07, 6.45) is 4.61. The molecular weight excluding hydrogens is 214 g/mol. The lowest BCUT2D eigenvalue weighted by atomic mass is 10.0. The monoisotopic (exact) mass is 233 g/mol. The Hall–Kier alpha value is -1.35. The molecule has 1 atom stereocenters. The lowest BCUT2D eigenvalue weighted by Gasteiger charge is -2.32. The second kappa shape index (κ2) is 5.82. The van der Waals surface area contributed by atoms with E-state index in [1.54, 1.807) is 12.1 Å². The molecule has 1 aromatic rings. The number of ether oxygens (including phenoxy) is 1. The van der Waals surface area contributed by atoms with E-state index in [-0.39, 0.29) is 0 Å². The fourth-order valence-corrected chi connectivity index (χ4v) is 2.22. The highest BCUT2D eigenvalue weighted by Crippen LogP contribution is 2.17. The maximum absolute atomic E-state index is 10.7. The summed E-state index contributed by atoms with van der Waals surface area (Å²) in [5.74, 6) is 0.786. The summed E-state index contributed by atoms with van der Waals surface area (Å²) in [5, 5.41) is 0. The molecule has 2 rings (SSSR count). The van der Waals surface area contributed by atoms with Gasteiger partial charge in [0.2, 0.25) is 0 Å². The second-order valence-corrected chi connectivity index (χ2v) is 4.63. The van der Waals surface area contributed by atoms with Gasteiger partial charge in [0.15, 0.2) is 0 Å². The van der Waals surface area contributed by atoms with Crippen LogP contribution in [0.1, 0.15) is 29.6 Å². The van der Waals surface area contributed by atoms with E-state index in [9.17, 15) is 4.79 Å². The normalized spacial score (nSPS) is 21.1. The number of piperidine rings is 1. The molecule has 1 aliphatic rings. The molecule has 0 N–H and O–H groups in total. The molecule has 0 bridgehead atoms. The van der Waals surface area contributed by atoms with E-state index in [0.29, 0.717) is 18.2 Å². The van der Waals surface area contributed by atoms with Crippen LogP contribution in [0.2, 0.25) is 0 Å². The first-order chi connectivity index (χ1) is 8.29. The minimum atomic E-state index is 0.503. The highest BCUT2D eigenvalue weighted by molar-refractivity contribution is 5.75. The molecule has 0 amide bonds. The van der Waals surface area contributed by atoms with Crippen molar-refractivity contribution in [3.8, 4) is 5.75 Å². The summed E-state index contributed by atoms with van der Waals surface area (Å²) in [5.41, 5.74) is 0.666. The van der Waals surface area contributed by atoms with Gasteiger partial charge >= 0.3 is 0 Å². The minimum absolute atomic E-state index is 0.503. The molecule has 1 heterocycles. The van der Waals surface area contributed by atoms with Crippen molar-refractivity contribution in [2.45, 2.75) is 25.3 Å². The van der Waals surface area contributed by atoms with E-state index in [2.05, 4.69) is 11.9 Å². The minimum Gasteiger partial charge on any atom is -0.492 e. The molecule has 3 nitrogen and oxygen atoms in total. The first-order valence-corrected chi connectivity index (χ1v) is 6.18. The highest BCUT2D eigenvalue weighted by Gasteiger charge is 2.19. The number of likely N-dealkylation sites (N-methyl/N-ethyl adjacent to an activating group) is 1. The van der Waals surface area contributed by atoms with E-state index in [4.69, 9.17) is 4.74 Å². The predicted octanol–water partition coefficient (Wildman–Crippen LogP) is 2.36. The third kappa shape index (κ3) is 3.30. The van der Waals surface area contributed by atoms with E-state index in [1.807, 2.05) is 12.1 Å². The summed E-state index contributed by atoms with van der Waals surface area (Å²) in [4.78, 5) is 13.0. The fourth-order valence-electron chi connectivity index (χ4n) is 2.22. The summed E-state index contributed by atoms with van der Waals surface area (Å²) in [7, 11) is 2.15. The van der Waals surface area contributed by atoms with Crippen molar-refractivity contribution in [2.75, 3.05) is 20.2 Å². The van der Waals surface area contributed by atoms with E-state index in [0.717, 1.165) is 18.6 Å². The van der Waals surface area contributed by atoms with Gasteiger partial charge in [0.1, 0.15) is 18.6 Å². The van der Waals surface area contributed by atoms with Crippen molar-refractivity contribution in [3.05, 3.63) is 29.8 Å². The molecule has 0 aromatic heterocycles. The predicted molar refractivity (Wildman–Crippen MR) is 67.6 cm³/mol. The first kappa shape index (κ1) is 12.1. The summed E-state index contributed by atoms with van der Waals surface area (Å²) < 4.78 is 5.76. The van der Waals surface area contributed by atoms with Crippen molar-refractivity contribution < 1.29 is 9.53 Å². The highest BCUT2D eigenvalue weighted by atomic mass is 16.5. The number of likely N-dealkylation sites (tertiary alicyclic amines) is 1. The van der Waals surface area contributed by atoms with Gasteiger partial charge in [-0.05, 0) is 38.6 Å². The van der Waals surface area contributed by atoms with Crippen LogP contribution in [0.25, 0.3) is 0 Å². The number of nitrogens with zero attached hydrogens (tertiary/aromatic N) is 1. The van der Waals surface area contributed by atoms with Crippen LogP contribution in [-0.2, 0) is 0 Å². The van der Waals surface area contributed by atoms with Crippen LogP contribution in [0, 0.1) is 0 Å². The molecule has 0 spiro atoms. The summed E-state index contributed by atoms with van der Waals surface area (Å²) in [6, 6.07) is 7.82. The number of carbonyl (C=O) groups is 1. The fraction of sp³-hybridized carbons (Fsp3) is 0.500. The van der Waals surface area contributed by atoms with Crippen LogP contribution in [-0.4, -0.2) is 37.4 Å². The molecule has 92 valence electrons. The Morgan fingerprint density at radius 1 is 1.47 bits per heavy atom. The van der Waals surface area contributed by atoms with Crippen molar-refractivity contribution in [1.82, 2.24) is 4.90 Å². The van der Waals surface area contributed by atoms with Crippen LogP contribution in [0.5, 0.6) is 5.75 Å². The average Bonchev–Trinajstić information content (AvgIpc) is 2.38. The van der Waals surface area contributed by atoms with Crippen LogP contribution in [0.15, 0.2) is 24.3 Å². The maximum Gasteiger partial charge on any atom is 0.150 e. The third-order valence-electron chi connectivity index (χ3n) is 3.36. The Bertz CT molecular complexity index is 378. The van der Waals surface area contributed by atoms with Crippen LogP contribution in [0.3, 0.4) is 0 Å². The van der Waals surface area contributed by atoms with Gasteiger partial charge in [0.05, 0.1) is 0 Å². The topological polar surface area (TPSA) is 29.5 Å². The Balaban J connectivity index is 1.90. The molecule has 3 heteroatoms. The molecule has 0 radical (unpaired) electrons. The molecule has 1 aromatic carbocycles. The Morgan fingerprint density at radius 2 is 2.35 bits per heavy atom. The first-order valence-electron chi connectivity index (χ1n) is 6.18. The number of rotatable bonds is 4. The van der Waals surface area contributed by atoms with Gasteiger partial charge in [-0.1, -0.05) is 18.6 Å². The largest absolute Gasteiger partial charge is 0.492 e. The summed E-state index contributed by atoms with van der Waals surface area (Å²) in [6.45, 7) is 1.86. The number of hydrogen-bond donors (Lipinski definition) is 0.